The topological polar surface area (TPSA) is 46.5 Å². The summed E-state index contributed by atoms with van der Waals surface area (Å²) >= 11 is 0. The Labute approximate surface area is 78.9 Å². The molecule has 1 aliphatic carbocycles. The van der Waals surface area contributed by atoms with Crippen LogP contribution in [0.5, 0.6) is 0 Å². The zero-order valence-electron chi connectivity index (χ0n) is 8.16. The molecule has 1 rings (SSSR count). The Balaban J connectivity index is 2.55. The molecule has 0 heterocycles. The van der Waals surface area contributed by atoms with E-state index in [1.165, 1.54) is 6.42 Å². The van der Waals surface area contributed by atoms with E-state index in [1.807, 2.05) is 0 Å². The summed E-state index contributed by atoms with van der Waals surface area (Å²) in [6, 6.07) is -0.328. The van der Waals surface area contributed by atoms with E-state index in [0.717, 1.165) is 25.7 Å². The molecule has 0 aromatic rings. The van der Waals surface area contributed by atoms with E-state index in [2.05, 4.69) is 5.18 Å². The number of hydrogen-bond donors (Lipinski definition) is 0. The van der Waals surface area contributed by atoms with Crippen molar-refractivity contribution in [2.45, 2.75) is 51.5 Å². The molecule has 1 aliphatic rings. The van der Waals surface area contributed by atoms with Crippen molar-refractivity contribution in [1.29, 1.82) is 0 Å². The van der Waals surface area contributed by atoms with Crippen molar-refractivity contribution in [3.05, 3.63) is 4.91 Å². The first kappa shape index (κ1) is 10.4. The SMILES string of the molecule is CC(N=O)C1CCCCCCC1=O. The maximum Gasteiger partial charge on any atom is 0.138 e. The lowest BCUT2D eigenvalue weighted by Crippen LogP contribution is -2.25. The maximum absolute atomic E-state index is 11.6. The number of carbonyl (C=O) groups excluding carboxylic acids is 1. The highest BCUT2D eigenvalue weighted by atomic mass is 16.3. The normalized spacial score (nSPS) is 27.5. The number of Topliss-reactive ketones (excluding diaryl/α,β-unsaturated/α-hetero) is 1. The number of hydrogen-bond acceptors (Lipinski definition) is 3. The van der Waals surface area contributed by atoms with Crippen molar-refractivity contribution < 1.29 is 4.79 Å². The highest BCUT2D eigenvalue weighted by Crippen LogP contribution is 2.23. The molecule has 0 radical (unpaired) electrons. The number of rotatable bonds is 2. The van der Waals surface area contributed by atoms with Crippen LogP contribution in [0.15, 0.2) is 5.18 Å². The Kier molecular flexibility index (Phi) is 4.06. The van der Waals surface area contributed by atoms with Gasteiger partial charge in [-0.3, -0.25) is 4.79 Å². The molecule has 0 amide bonds. The molecule has 3 nitrogen and oxygen atoms in total. The van der Waals surface area contributed by atoms with Gasteiger partial charge in [0.1, 0.15) is 5.78 Å². The molecule has 0 aromatic heterocycles. The van der Waals surface area contributed by atoms with Gasteiger partial charge in [-0.15, -0.1) is 0 Å². The highest BCUT2D eigenvalue weighted by molar-refractivity contribution is 5.81. The molecular formula is C10H17NO2. The number of carbonyl (C=O) groups is 1. The van der Waals surface area contributed by atoms with Crippen LogP contribution in [0.1, 0.15) is 45.4 Å². The van der Waals surface area contributed by atoms with E-state index < -0.39 is 0 Å². The molecule has 13 heavy (non-hydrogen) atoms. The fourth-order valence-electron chi connectivity index (χ4n) is 1.95. The summed E-state index contributed by atoms with van der Waals surface area (Å²) in [5.41, 5.74) is 0. The van der Waals surface area contributed by atoms with E-state index in [9.17, 15) is 9.70 Å². The van der Waals surface area contributed by atoms with Gasteiger partial charge < -0.3 is 0 Å². The molecule has 0 N–H and O–H groups in total. The minimum Gasteiger partial charge on any atom is -0.299 e. The summed E-state index contributed by atoms with van der Waals surface area (Å²) < 4.78 is 0. The highest BCUT2D eigenvalue weighted by Gasteiger charge is 2.25. The number of nitroso groups, excluding NO2 is 1. The first-order valence-electron chi connectivity index (χ1n) is 5.11. The second-order valence-electron chi connectivity index (χ2n) is 3.87. The van der Waals surface area contributed by atoms with E-state index in [4.69, 9.17) is 0 Å². The Hall–Kier alpha value is -0.730. The molecule has 2 unspecified atom stereocenters. The van der Waals surface area contributed by atoms with Crippen molar-refractivity contribution in [2.75, 3.05) is 0 Å². The maximum atomic E-state index is 11.6. The van der Waals surface area contributed by atoms with Crippen LogP contribution in [0, 0.1) is 10.8 Å². The molecule has 0 bridgehead atoms. The van der Waals surface area contributed by atoms with E-state index in [-0.39, 0.29) is 17.7 Å². The van der Waals surface area contributed by atoms with Crippen molar-refractivity contribution in [3.8, 4) is 0 Å². The smallest absolute Gasteiger partial charge is 0.138 e. The van der Waals surface area contributed by atoms with E-state index >= 15 is 0 Å². The minimum atomic E-state index is -0.328. The zero-order chi connectivity index (χ0) is 9.68. The second kappa shape index (κ2) is 5.10. The second-order valence-corrected chi connectivity index (χ2v) is 3.87. The molecule has 0 aromatic carbocycles. The quantitative estimate of drug-likeness (QED) is 0.618. The largest absolute Gasteiger partial charge is 0.299 e. The van der Waals surface area contributed by atoms with Crippen molar-refractivity contribution in [3.63, 3.8) is 0 Å². The molecule has 1 fully saturated rings. The number of nitrogens with zero attached hydrogens (tertiary/aromatic N) is 1. The summed E-state index contributed by atoms with van der Waals surface area (Å²) in [5.74, 6) is 0.143. The van der Waals surface area contributed by atoms with Gasteiger partial charge in [0.25, 0.3) is 0 Å². The molecule has 0 spiro atoms. The summed E-state index contributed by atoms with van der Waals surface area (Å²) in [5, 5.41) is 2.96. The number of ketones is 1. The summed E-state index contributed by atoms with van der Waals surface area (Å²) in [7, 11) is 0. The first-order valence-corrected chi connectivity index (χ1v) is 5.11. The van der Waals surface area contributed by atoms with Gasteiger partial charge in [0.15, 0.2) is 0 Å². The predicted molar refractivity (Wildman–Crippen MR) is 51.5 cm³/mol. The Bertz CT molecular complexity index is 191. The fraction of sp³-hybridized carbons (Fsp3) is 0.900. The molecular weight excluding hydrogens is 166 g/mol. The molecule has 2 atom stereocenters. The van der Waals surface area contributed by atoms with Gasteiger partial charge in [-0.25, -0.2) is 0 Å². The van der Waals surface area contributed by atoms with Gasteiger partial charge in [0.2, 0.25) is 0 Å². The summed E-state index contributed by atoms with van der Waals surface area (Å²) in [6.45, 7) is 1.75. The van der Waals surface area contributed by atoms with Gasteiger partial charge in [-0.2, -0.15) is 4.91 Å². The van der Waals surface area contributed by atoms with Crippen LogP contribution in [-0.2, 0) is 4.79 Å². The third-order valence-corrected chi connectivity index (χ3v) is 2.85. The van der Waals surface area contributed by atoms with E-state index in [0.29, 0.717) is 6.42 Å². The lowest BCUT2D eigenvalue weighted by molar-refractivity contribution is -0.124. The Morgan fingerprint density at radius 1 is 1.31 bits per heavy atom. The lowest BCUT2D eigenvalue weighted by atomic mass is 9.86. The van der Waals surface area contributed by atoms with Crippen LogP contribution in [0.4, 0.5) is 0 Å². The third-order valence-electron chi connectivity index (χ3n) is 2.85. The van der Waals surface area contributed by atoms with Crippen molar-refractivity contribution >= 4 is 5.78 Å². The molecule has 1 saturated carbocycles. The average molecular weight is 183 g/mol. The Morgan fingerprint density at radius 2 is 2.00 bits per heavy atom. The zero-order valence-corrected chi connectivity index (χ0v) is 8.16. The predicted octanol–water partition coefficient (Wildman–Crippen LogP) is 2.68. The monoisotopic (exact) mass is 183 g/mol. The van der Waals surface area contributed by atoms with Crippen LogP contribution < -0.4 is 0 Å². The molecule has 3 heteroatoms. The van der Waals surface area contributed by atoms with Gasteiger partial charge in [0.05, 0.1) is 6.04 Å². The van der Waals surface area contributed by atoms with Crippen LogP contribution in [0.25, 0.3) is 0 Å². The minimum absolute atomic E-state index is 0.0993. The first-order chi connectivity index (χ1) is 6.25. The van der Waals surface area contributed by atoms with Gasteiger partial charge >= 0.3 is 0 Å². The van der Waals surface area contributed by atoms with Crippen molar-refractivity contribution in [2.24, 2.45) is 11.1 Å². The van der Waals surface area contributed by atoms with E-state index in [1.54, 1.807) is 6.92 Å². The van der Waals surface area contributed by atoms with Crippen LogP contribution in [0.2, 0.25) is 0 Å². The lowest BCUT2D eigenvalue weighted by Gasteiger charge is -2.19. The Morgan fingerprint density at radius 3 is 2.69 bits per heavy atom. The van der Waals surface area contributed by atoms with Crippen molar-refractivity contribution in [1.82, 2.24) is 0 Å². The standard InChI is InChI=1S/C10H17NO2/c1-8(11-13)9-6-4-2-3-5-7-10(9)12/h8-9H,2-7H2,1H3. The van der Waals surface area contributed by atoms with Gasteiger partial charge in [-0.05, 0) is 19.8 Å². The average Bonchev–Trinajstić information content (AvgIpc) is 2.11. The fourth-order valence-corrected chi connectivity index (χ4v) is 1.95. The molecule has 74 valence electrons. The summed E-state index contributed by atoms with van der Waals surface area (Å²) in [4.78, 5) is 21.9. The molecule has 0 aliphatic heterocycles. The van der Waals surface area contributed by atoms with Crippen LogP contribution >= 0.6 is 0 Å². The summed E-state index contributed by atoms with van der Waals surface area (Å²) in [6.07, 6.45) is 5.89. The van der Waals surface area contributed by atoms with Crippen LogP contribution in [-0.4, -0.2) is 11.8 Å². The van der Waals surface area contributed by atoms with Crippen LogP contribution in [0.3, 0.4) is 0 Å². The molecule has 0 saturated heterocycles. The van der Waals surface area contributed by atoms with Gasteiger partial charge in [0, 0.05) is 12.3 Å². The van der Waals surface area contributed by atoms with Gasteiger partial charge in [-0.1, -0.05) is 24.4 Å². The third kappa shape index (κ3) is 2.90.